The van der Waals surface area contributed by atoms with Crippen molar-refractivity contribution >= 4 is 18.0 Å². The summed E-state index contributed by atoms with van der Waals surface area (Å²) >= 11 is 0. The van der Waals surface area contributed by atoms with Crippen LogP contribution in [0.1, 0.15) is 46.1 Å². The van der Waals surface area contributed by atoms with Gasteiger partial charge >= 0.3 is 18.0 Å². The zero-order valence-electron chi connectivity index (χ0n) is 16.4. The monoisotopic (exact) mass is 379 g/mol. The number of rotatable bonds is 10. The van der Waals surface area contributed by atoms with Crippen LogP contribution in [-0.4, -0.2) is 36.8 Å². The van der Waals surface area contributed by atoms with E-state index in [1.807, 2.05) is 37.3 Å². The zero-order valence-corrected chi connectivity index (χ0v) is 16.4. The summed E-state index contributed by atoms with van der Waals surface area (Å²) in [4.78, 5) is 35.7. The second kappa shape index (κ2) is 11.9. The van der Waals surface area contributed by atoms with Crippen LogP contribution in [0, 0.1) is 5.92 Å². The third-order valence-electron chi connectivity index (χ3n) is 3.65. The largest absolute Gasteiger partial charge is 0.460 e. The number of nitrogens with one attached hydrogen (secondary N) is 1. The number of alkyl carbamates (subject to hydrolysis) is 1. The minimum absolute atomic E-state index is 0.0712. The van der Waals surface area contributed by atoms with E-state index in [1.54, 1.807) is 20.8 Å². The fourth-order valence-electron chi connectivity index (χ4n) is 2.20. The highest BCUT2D eigenvalue weighted by Crippen LogP contribution is 2.07. The van der Waals surface area contributed by atoms with Gasteiger partial charge in [-0.3, -0.25) is 4.79 Å². The van der Waals surface area contributed by atoms with E-state index >= 15 is 0 Å². The number of esters is 2. The quantitative estimate of drug-likeness (QED) is 0.496. The van der Waals surface area contributed by atoms with Crippen molar-refractivity contribution in [1.82, 2.24) is 5.32 Å². The molecular formula is C20H29NO6. The van der Waals surface area contributed by atoms with Crippen LogP contribution in [0.4, 0.5) is 4.79 Å². The molecular weight excluding hydrogens is 350 g/mol. The Morgan fingerprint density at radius 3 is 2.30 bits per heavy atom. The van der Waals surface area contributed by atoms with E-state index in [9.17, 15) is 14.4 Å². The van der Waals surface area contributed by atoms with Gasteiger partial charge in [-0.05, 0) is 24.8 Å². The Kier molecular flexibility index (Phi) is 9.93. The van der Waals surface area contributed by atoms with Gasteiger partial charge in [-0.15, -0.1) is 0 Å². The highest BCUT2D eigenvalue weighted by atomic mass is 16.6. The number of carbonyl (C=O) groups excluding carboxylic acids is 3. The molecule has 1 amide bonds. The molecule has 1 aromatic carbocycles. The second-order valence-electron chi connectivity index (χ2n) is 6.61. The molecule has 0 heterocycles. The second-order valence-corrected chi connectivity index (χ2v) is 6.61. The molecule has 7 nitrogen and oxygen atoms in total. The molecule has 27 heavy (non-hydrogen) atoms. The van der Waals surface area contributed by atoms with Gasteiger partial charge in [0.15, 0.2) is 0 Å². The standard InChI is InChI=1S/C20H29NO6/c1-5-9-17(22)27-15(4)12-25-19(23)18(14(2)3)21-20(24)26-13-16-10-7-6-8-11-16/h6-8,10-11,14-15,18H,5,9,12-13H2,1-4H3,(H,21,24)/t15?,18-/m0/s1. The Morgan fingerprint density at radius 1 is 1.04 bits per heavy atom. The van der Waals surface area contributed by atoms with Crippen LogP contribution in [-0.2, 0) is 30.4 Å². The number of carbonyl (C=O) groups is 3. The Hall–Kier alpha value is -2.57. The summed E-state index contributed by atoms with van der Waals surface area (Å²) < 4.78 is 15.4. The summed E-state index contributed by atoms with van der Waals surface area (Å²) in [6.07, 6.45) is -0.236. The first kappa shape index (κ1) is 22.5. The van der Waals surface area contributed by atoms with Gasteiger partial charge in [-0.1, -0.05) is 51.1 Å². The summed E-state index contributed by atoms with van der Waals surface area (Å²) in [7, 11) is 0. The Labute approximate surface area is 160 Å². The van der Waals surface area contributed by atoms with Crippen molar-refractivity contribution in [3.05, 3.63) is 35.9 Å². The van der Waals surface area contributed by atoms with Crippen LogP contribution in [0.15, 0.2) is 30.3 Å². The molecule has 1 unspecified atom stereocenters. The van der Waals surface area contributed by atoms with E-state index in [0.29, 0.717) is 12.8 Å². The van der Waals surface area contributed by atoms with Gasteiger partial charge in [0.1, 0.15) is 25.4 Å². The van der Waals surface area contributed by atoms with Crippen LogP contribution in [0.3, 0.4) is 0 Å². The van der Waals surface area contributed by atoms with E-state index < -0.39 is 24.2 Å². The number of amides is 1. The molecule has 2 atom stereocenters. The van der Waals surface area contributed by atoms with E-state index in [2.05, 4.69) is 5.32 Å². The highest BCUT2D eigenvalue weighted by Gasteiger charge is 2.27. The maximum Gasteiger partial charge on any atom is 0.408 e. The molecule has 0 aliphatic rings. The molecule has 7 heteroatoms. The lowest BCUT2D eigenvalue weighted by atomic mass is 10.1. The molecule has 0 saturated carbocycles. The predicted octanol–water partition coefficient (Wildman–Crippen LogP) is 3.21. The van der Waals surface area contributed by atoms with Crippen molar-refractivity contribution < 1.29 is 28.6 Å². The molecule has 0 aliphatic carbocycles. The maximum absolute atomic E-state index is 12.3. The first-order valence-corrected chi connectivity index (χ1v) is 9.16. The first-order chi connectivity index (χ1) is 12.8. The van der Waals surface area contributed by atoms with Crippen molar-refractivity contribution in [2.24, 2.45) is 5.92 Å². The minimum Gasteiger partial charge on any atom is -0.460 e. The molecule has 0 aliphatic heterocycles. The average Bonchev–Trinajstić information content (AvgIpc) is 2.63. The van der Waals surface area contributed by atoms with Crippen LogP contribution in [0.25, 0.3) is 0 Å². The SMILES string of the molecule is CCCC(=O)OC(C)COC(=O)[C@@H](NC(=O)OCc1ccccc1)C(C)C. The number of ether oxygens (including phenoxy) is 3. The Bertz CT molecular complexity index is 602. The average molecular weight is 379 g/mol. The van der Waals surface area contributed by atoms with Crippen molar-refractivity contribution in [2.75, 3.05) is 6.61 Å². The lowest BCUT2D eigenvalue weighted by molar-refractivity contribution is -0.159. The minimum atomic E-state index is -0.855. The smallest absolute Gasteiger partial charge is 0.408 e. The molecule has 150 valence electrons. The first-order valence-electron chi connectivity index (χ1n) is 9.16. The van der Waals surface area contributed by atoms with Crippen LogP contribution < -0.4 is 5.32 Å². The molecule has 0 spiro atoms. The zero-order chi connectivity index (χ0) is 20.2. The van der Waals surface area contributed by atoms with Gasteiger partial charge in [0.25, 0.3) is 0 Å². The number of hydrogen-bond acceptors (Lipinski definition) is 6. The summed E-state index contributed by atoms with van der Waals surface area (Å²) in [6, 6.07) is 8.38. The summed E-state index contributed by atoms with van der Waals surface area (Å²) in [5.74, 6) is -1.12. The van der Waals surface area contributed by atoms with Gasteiger partial charge in [-0.25, -0.2) is 9.59 Å². The van der Waals surface area contributed by atoms with Crippen molar-refractivity contribution in [3.63, 3.8) is 0 Å². The van der Waals surface area contributed by atoms with Gasteiger partial charge in [0, 0.05) is 6.42 Å². The number of hydrogen-bond donors (Lipinski definition) is 1. The summed E-state index contributed by atoms with van der Waals surface area (Å²) in [5.41, 5.74) is 0.846. The molecule has 0 radical (unpaired) electrons. The van der Waals surface area contributed by atoms with Gasteiger partial charge in [0.2, 0.25) is 0 Å². The van der Waals surface area contributed by atoms with Gasteiger partial charge < -0.3 is 19.5 Å². The maximum atomic E-state index is 12.3. The van der Waals surface area contributed by atoms with Crippen LogP contribution >= 0.6 is 0 Å². The van der Waals surface area contributed by atoms with Crippen LogP contribution in [0.5, 0.6) is 0 Å². The molecule has 1 aromatic rings. The fraction of sp³-hybridized carbons (Fsp3) is 0.550. The summed E-state index contributed by atoms with van der Waals surface area (Å²) in [5, 5.41) is 2.53. The van der Waals surface area contributed by atoms with Crippen molar-refractivity contribution in [3.8, 4) is 0 Å². The Balaban J connectivity index is 2.45. The van der Waals surface area contributed by atoms with Crippen molar-refractivity contribution in [2.45, 2.75) is 59.3 Å². The third-order valence-corrected chi connectivity index (χ3v) is 3.65. The van der Waals surface area contributed by atoms with E-state index in [4.69, 9.17) is 14.2 Å². The lowest BCUT2D eigenvalue weighted by Gasteiger charge is -2.21. The Morgan fingerprint density at radius 2 is 1.70 bits per heavy atom. The van der Waals surface area contributed by atoms with Crippen molar-refractivity contribution in [1.29, 1.82) is 0 Å². The topological polar surface area (TPSA) is 90.9 Å². The lowest BCUT2D eigenvalue weighted by Crippen LogP contribution is -2.46. The van der Waals surface area contributed by atoms with E-state index in [0.717, 1.165) is 5.56 Å². The van der Waals surface area contributed by atoms with Crippen LogP contribution in [0.2, 0.25) is 0 Å². The molecule has 1 N–H and O–H groups in total. The summed E-state index contributed by atoms with van der Waals surface area (Å²) in [6.45, 7) is 7.13. The molecule has 0 bridgehead atoms. The molecule has 1 rings (SSSR count). The van der Waals surface area contributed by atoms with Gasteiger partial charge in [-0.2, -0.15) is 0 Å². The highest BCUT2D eigenvalue weighted by molar-refractivity contribution is 5.81. The molecule has 0 aromatic heterocycles. The molecule has 0 fully saturated rings. The predicted molar refractivity (Wildman–Crippen MR) is 99.8 cm³/mol. The molecule has 0 saturated heterocycles. The van der Waals surface area contributed by atoms with E-state index in [-0.39, 0.29) is 25.1 Å². The third kappa shape index (κ3) is 9.08. The van der Waals surface area contributed by atoms with Gasteiger partial charge in [0.05, 0.1) is 0 Å². The normalized spacial score (nSPS) is 12.8. The number of benzene rings is 1. The van der Waals surface area contributed by atoms with E-state index in [1.165, 1.54) is 0 Å². The fourth-order valence-corrected chi connectivity index (χ4v) is 2.20.